The first kappa shape index (κ1) is 16.1. The lowest BCUT2D eigenvalue weighted by Gasteiger charge is -2.19. The summed E-state index contributed by atoms with van der Waals surface area (Å²) in [4.78, 5) is 16.1. The molecule has 0 aliphatic carbocycles. The lowest BCUT2D eigenvalue weighted by Crippen LogP contribution is -2.34. The number of hydrogen-bond acceptors (Lipinski definition) is 4. The number of aromatic nitrogens is 2. The average molecular weight is 352 g/mol. The van der Waals surface area contributed by atoms with E-state index in [1.54, 1.807) is 16.0 Å². The van der Waals surface area contributed by atoms with Crippen LogP contribution >= 0.6 is 11.3 Å². The lowest BCUT2D eigenvalue weighted by molar-refractivity contribution is 0.0767. The molecule has 0 radical (unpaired) electrons. The van der Waals surface area contributed by atoms with E-state index >= 15 is 0 Å². The van der Waals surface area contributed by atoms with Crippen molar-refractivity contribution in [2.75, 3.05) is 26.2 Å². The van der Waals surface area contributed by atoms with Gasteiger partial charge in [0.05, 0.1) is 16.1 Å². The van der Waals surface area contributed by atoms with Gasteiger partial charge in [0.25, 0.3) is 5.91 Å². The topological polar surface area (TPSA) is 50.2 Å². The first-order valence-electron chi connectivity index (χ1n) is 8.52. The number of benzene rings is 1. The van der Waals surface area contributed by atoms with Crippen molar-refractivity contribution in [3.63, 3.8) is 0 Å². The summed E-state index contributed by atoms with van der Waals surface area (Å²) in [5.41, 5.74) is 2.39. The highest BCUT2D eigenvalue weighted by Gasteiger charge is 2.24. The second-order valence-corrected chi connectivity index (χ2v) is 6.99. The lowest BCUT2D eigenvalue weighted by atomic mass is 10.2. The fraction of sp³-hybridized carbons (Fsp3) is 0.263. The minimum atomic E-state index is 0.0641. The van der Waals surface area contributed by atoms with E-state index in [1.165, 1.54) is 0 Å². The van der Waals surface area contributed by atoms with E-state index in [0.29, 0.717) is 5.56 Å². The van der Waals surface area contributed by atoms with Crippen molar-refractivity contribution in [1.29, 1.82) is 0 Å². The largest absolute Gasteiger partial charge is 0.337 e. The van der Waals surface area contributed by atoms with Gasteiger partial charge in [-0.15, -0.1) is 11.3 Å². The molecule has 3 heterocycles. The zero-order valence-electron chi connectivity index (χ0n) is 13.9. The SMILES string of the molecule is O=C(c1cn(-c2ccccc2)nc1-c1cccs1)N1CCCNCC1. The number of hydrogen-bond donors (Lipinski definition) is 1. The van der Waals surface area contributed by atoms with Gasteiger partial charge in [-0.3, -0.25) is 4.79 Å². The Morgan fingerprint density at radius 2 is 1.96 bits per heavy atom. The van der Waals surface area contributed by atoms with E-state index in [1.807, 2.05) is 58.9 Å². The number of nitrogens with zero attached hydrogens (tertiary/aromatic N) is 3. The van der Waals surface area contributed by atoms with Crippen LogP contribution in [0.1, 0.15) is 16.8 Å². The fourth-order valence-electron chi connectivity index (χ4n) is 3.06. The van der Waals surface area contributed by atoms with Crippen LogP contribution in [0.4, 0.5) is 0 Å². The summed E-state index contributed by atoms with van der Waals surface area (Å²) in [6.45, 7) is 3.32. The Labute approximate surface area is 150 Å². The van der Waals surface area contributed by atoms with Gasteiger partial charge in [0, 0.05) is 25.8 Å². The number of para-hydroxylation sites is 1. The smallest absolute Gasteiger partial charge is 0.257 e. The fourth-order valence-corrected chi connectivity index (χ4v) is 3.78. The minimum Gasteiger partial charge on any atom is -0.337 e. The zero-order chi connectivity index (χ0) is 17.1. The van der Waals surface area contributed by atoms with Gasteiger partial charge in [-0.25, -0.2) is 4.68 Å². The molecule has 1 saturated heterocycles. The molecular formula is C19H20N4OS. The third-order valence-electron chi connectivity index (χ3n) is 4.35. The molecular weight excluding hydrogens is 332 g/mol. The normalized spacial score (nSPS) is 15.1. The highest BCUT2D eigenvalue weighted by atomic mass is 32.1. The molecule has 0 spiro atoms. The number of carbonyl (C=O) groups is 1. The molecule has 25 heavy (non-hydrogen) atoms. The van der Waals surface area contributed by atoms with Crippen molar-refractivity contribution in [2.24, 2.45) is 0 Å². The molecule has 1 N–H and O–H groups in total. The standard InChI is InChI=1S/C19H20N4OS/c24-19(22-11-5-9-20-10-12-22)16-14-23(15-6-2-1-3-7-15)21-18(16)17-8-4-13-25-17/h1-4,6-8,13-14,20H,5,9-12H2. The third-order valence-corrected chi connectivity index (χ3v) is 5.22. The van der Waals surface area contributed by atoms with Gasteiger partial charge in [-0.2, -0.15) is 5.10 Å². The van der Waals surface area contributed by atoms with Crippen LogP contribution in [0.15, 0.2) is 54.0 Å². The average Bonchev–Trinajstić information content (AvgIpc) is 3.25. The molecule has 0 saturated carbocycles. The maximum absolute atomic E-state index is 13.2. The van der Waals surface area contributed by atoms with E-state index in [9.17, 15) is 4.79 Å². The maximum Gasteiger partial charge on any atom is 0.257 e. The van der Waals surface area contributed by atoms with Crippen molar-refractivity contribution < 1.29 is 4.79 Å². The van der Waals surface area contributed by atoms with Crippen LogP contribution in [0, 0.1) is 0 Å². The number of carbonyl (C=O) groups excluding carboxylic acids is 1. The molecule has 1 aromatic carbocycles. The van der Waals surface area contributed by atoms with E-state index in [2.05, 4.69) is 5.32 Å². The number of thiophene rings is 1. The minimum absolute atomic E-state index is 0.0641. The Kier molecular flexibility index (Phi) is 4.63. The zero-order valence-corrected chi connectivity index (χ0v) is 14.7. The van der Waals surface area contributed by atoms with Gasteiger partial charge in [-0.1, -0.05) is 24.3 Å². The van der Waals surface area contributed by atoms with Crippen LogP contribution in [0.25, 0.3) is 16.3 Å². The Morgan fingerprint density at radius 3 is 2.76 bits per heavy atom. The van der Waals surface area contributed by atoms with E-state index in [0.717, 1.165) is 48.9 Å². The summed E-state index contributed by atoms with van der Waals surface area (Å²) < 4.78 is 1.80. The highest BCUT2D eigenvalue weighted by molar-refractivity contribution is 7.13. The molecule has 1 aliphatic rings. The van der Waals surface area contributed by atoms with Crippen LogP contribution in [-0.4, -0.2) is 46.8 Å². The molecule has 1 fully saturated rings. The quantitative estimate of drug-likeness (QED) is 0.788. The predicted octanol–water partition coefficient (Wildman–Crippen LogP) is 3.04. The molecule has 6 heteroatoms. The van der Waals surface area contributed by atoms with Crippen LogP contribution in [-0.2, 0) is 0 Å². The summed E-state index contributed by atoms with van der Waals surface area (Å²) in [6, 6.07) is 13.9. The van der Waals surface area contributed by atoms with E-state index in [-0.39, 0.29) is 5.91 Å². The molecule has 0 unspecified atom stereocenters. The first-order chi connectivity index (χ1) is 12.3. The predicted molar refractivity (Wildman–Crippen MR) is 100 cm³/mol. The van der Waals surface area contributed by atoms with Gasteiger partial charge < -0.3 is 10.2 Å². The maximum atomic E-state index is 13.2. The molecule has 1 amide bonds. The van der Waals surface area contributed by atoms with Gasteiger partial charge in [0.1, 0.15) is 5.69 Å². The highest BCUT2D eigenvalue weighted by Crippen LogP contribution is 2.28. The van der Waals surface area contributed by atoms with Crippen molar-refractivity contribution in [3.05, 3.63) is 59.6 Å². The number of rotatable bonds is 3. The van der Waals surface area contributed by atoms with E-state index in [4.69, 9.17) is 5.10 Å². The molecule has 0 atom stereocenters. The Morgan fingerprint density at radius 1 is 1.08 bits per heavy atom. The molecule has 5 nitrogen and oxygen atoms in total. The van der Waals surface area contributed by atoms with E-state index < -0.39 is 0 Å². The monoisotopic (exact) mass is 352 g/mol. The molecule has 2 aromatic heterocycles. The van der Waals surface area contributed by atoms with Crippen molar-refractivity contribution >= 4 is 17.2 Å². The van der Waals surface area contributed by atoms with Gasteiger partial charge in [0.2, 0.25) is 0 Å². The second kappa shape index (κ2) is 7.21. The van der Waals surface area contributed by atoms with Crippen LogP contribution in [0.3, 0.4) is 0 Å². The van der Waals surface area contributed by atoms with Gasteiger partial charge in [-0.05, 0) is 36.5 Å². The Hall–Kier alpha value is -2.44. The van der Waals surface area contributed by atoms with Crippen LogP contribution in [0.5, 0.6) is 0 Å². The molecule has 3 aromatic rings. The van der Waals surface area contributed by atoms with Crippen molar-refractivity contribution in [2.45, 2.75) is 6.42 Å². The van der Waals surface area contributed by atoms with Crippen LogP contribution in [0.2, 0.25) is 0 Å². The van der Waals surface area contributed by atoms with Crippen molar-refractivity contribution in [3.8, 4) is 16.3 Å². The van der Waals surface area contributed by atoms with Crippen LogP contribution < -0.4 is 5.32 Å². The summed E-state index contributed by atoms with van der Waals surface area (Å²) in [5.74, 6) is 0.0641. The number of nitrogens with one attached hydrogen (secondary N) is 1. The third kappa shape index (κ3) is 3.36. The molecule has 1 aliphatic heterocycles. The summed E-state index contributed by atoms with van der Waals surface area (Å²) in [5, 5.41) is 10.1. The van der Waals surface area contributed by atoms with Gasteiger partial charge >= 0.3 is 0 Å². The summed E-state index contributed by atoms with van der Waals surface area (Å²) in [6.07, 6.45) is 2.85. The summed E-state index contributed by atoms with van der Waals surface area (Å²) >= 11 is 1.61. The molecule has 128 valence electrons. The number of amides is 1. The summed E-state index contributed by atoms with van der Waals surface area (Å²) in [7, 11) is 0. The molecule has 0 bridgehead atoms. The second-order valence-electron chi connectivity index (χ2n) is 6.04. The van der Waals surface area contributed by atoms with Crippen molar-refractivity contribution in [1.82, 2.24) is 20.0 Å². The Bertz CT molecular complexity index is 834. The Balaban J connectivity index is 1.74. The molecule has 4 rings (SSSR count). The first-order valence-corrected chi connectivity index (χ1v) is 9.40. The van der Waals surface area contributed by atoms with Gasteiger partial charge in [0.15, 0.2) is 0 Å².